The highest BCUT2D eigenvalue weighted by Gasteiger charge is 2.26. The molecule has 0 fully saturated rings. The van der Waals surface area contributed by atoms with Gasteiger partial charge in [0.05, 0.1) is 30.8 Å². The summed E-state index contributed by atoms with van der Waals surface area (Å²) < 4.78 is 12.8. The van der Waals surface area contributed by atoms with Gasteiger partial charge in [-0.25, -0.2) is 9.78 Å². The molecule has 1 aliphatic heterocycles. The van der Waals surface area contributed by atoms with Crippen LogP contribution < -0.4 is 20.9 Å². The fourth-order valence-corrected chi connectivity index (χ4v) is 3.85. The van der Waals surface area contributed by atoms with Gasteiger partial charge in [0.15, 0.2) is 5.65 Å². The molecule has 2 amide bonds. The first kappa shape index (κ1) is 25.9. The van der Waals surface area contributed by atoms with Crippen molar-refractivity contribution in [3.8, 4) is 0 Å². The molecule has 4 bridgehead atoms. The molecule has 3 heterocycles. The molecule has 0 saturated carbocycles. The van der Waals surface area contributed by atoms with Gasteiger partial charge in [0, 0.05) is 38.0 Å². The normalized spacial score (nSPS) is 19.5. The van der Waals surface area contributed by atoms with Gasteiger partial charge in [-0.1, -0.05) is 0 Å². The van der Waals surface area contributed by atoms with Gasteiger partial charge in [0.25, 0.3) is 5.91 Å². The first-order valence-corrected chi connectivity index (χ1v) is 11.9. The van der Waals surface area contributed by atoms with Crippen molar-refractivity contribution >= 4 is 35.0 Å². The fraction of sp³-hybridized carbons (Fsp3) is 0.400. The Balaban J connectivity index is 1.86. The monoisotopic (exact) mass is 508 g/mol. The van der Waals surface area contributed by atoms with E-state index in [-0.39, 0.29) is 42.1 Å². The van der Waals surface area contributed by atoms with E-state index >= 15 is 0 Å². The van der Waals surface area contributed by atoms with Crippen LogP contribution in [0.15, 0.2) is 47.5 Å². The summed E-state index contributed by atoms with van der Waals surface area (Å²) in [5, 5.41) is 22.1. The van der Waals surface area contributed by atoms with Crippen LogP contribution in [0.2, 0.25) is 0 Å². The van der Waals surface area contributed by atoms with E-state index in [1.807, 2.05) is 19.1 Å². The third-order valence-electron chi connectivity index (χ3n) is 5.51. The second-order valence-corrected chi connectivity index (χ2v) is 9.89. The predicted molar refractivity (Wildman–Crippen MR) is 140 cm³/mol. The summed E-state index contributed by atoms with van der Waals surface area (Å²) in [5.41, 5.74) is 2.00. The SMILES string of the molecule is CN/C=C1/C=C2C=C(Nc3cc(N(C)C(=O)OC(C)(C)C)n4ncc(c4n3)C(=O)N[C@H](C)COC2)C1=N. The third kappa shape index (κ3) is 5.64. The van der Waals surface area contributed by atoms with Crippen LogP contribution in [-0.4, -0.2) is 71.3 Å². The molecule has 37 heavy (non-hydrogen) atoms. The molecule has 4 N–H and O–H groups in total. The third-order valence-corrected chi connectivity index (χ3v) is 5.51. The summed E-state index contributed by atoms with van der Waals surface area (Å²) in [4.78, 5) is 31.9. The van der Waals surface area contributed by atoms with E-state index in [4.69, 9.17) is 14.9 Å². The number of carbonyl (C=O) groups is 2. The lowest BCUT2D eigenvalue weighted by Crippen LogP contribution is -2.36. The van der Waals surface area contributed by atoms with Crippen LogP contribution in [0.25, 0.3) is 5.65 Å². The summed E-state index contributed by atoms with van der Waals surface area (Å²) in [6.45, 7) is 7.76. The molecule has 1 atom stereocenters. The highest BCUT2D eigenvalue weighted by atomic mass is 16.6. The predicted octanol–water partition coefficient (Wildman–Crippen LogP) is 2.61. The number of ether oxygens (including phenoxy) is 2. The molecule has 0 unspecified atom stereocenters. The van der Waals surface area contributed by atoms with Gasteiger partial charge < -0.3 is 25.4 Å². The average Bonchev–Trinajstić information content (AvgIpc) is 3.23. The van der Waals surface area contributed by atoms with Crippen molar-refractivity contribution in [3.05, 3.63) is 53.0 Å². The number of rotatable bonds is 2. The molecule has 0 saturated heterocycles. The van der Waals surface area contributed by atoms with Gasteiger partial charge in [-0.2, -0.15) is 9.61 Å². The Morgan fingerprint density at radius 2 is 2.14 bits per heavy atom. The number of hydrogen-bond donors (Lipinski definition) is 4. The minimum Gasteiger partial charge on any atom is -0.443 e. The number of allylic oxidation sites excluding steroid dienone is 2. The van der Waals surface area contributed by atoms with E-state index in [2.05, 4.69) is 26.0 Å². The second-order valence-electron chi connectivity index (χ2n) is 9.89. The number of hydrogen-bond acceptors (Lipinski definition) is 9. The maximum atomic E-state index is 13.1. The number of amides is 2. The molecule has 2 aromatic rings. The van der Waals surface area contributed by atoms with Crippen molar-refractivity contribution in [3.63, 3.8) is 0 Å². The number of aromatic nitrogens is 3. The maximum absolute atomic E-state index is 13.1. The lowest BCUT2D eigenvalue weighted by Gasteiger charge is -2.25. The van der Waals surface area contributed by atoms with Crippen LogP contribution in [0.3, 0.4) is 0 Å². The zero-order valence-corrected chi connectivity index (χ0v) is 21.8. The Bertz CT molecular complexity index is 1350. The largest absolute Gasteiger partial charge is 0.443 e. The van der Waals surface area contributed by atoms with Crippen LogP contribution in [0.5, 0.6) is 0 Å². The minimum absolute atomic E-state index is 0.232. The molecule has 12 heteroatoms. The molecule has 196 valence electrons. The lowest BCUT2D eigenvalue weighted by atomic mass is 9.98. The average molecular weight is 509 g/mol. The molecule has 2 aliphatic rings. The number of anilines is 2. The maximum Gasteiger partial charge on any atom is 0.415 e. The Labute approximate surface area is 214 Å². The zero-order chi connectivity index (χ0) is 26.9. The quantitative estimate of drug-likeness (QED) is 0.484. The molecule has 4 rings (SSSR count). The van der Waals surface area contributed by atoms with Gasteiger partial charge in [0.1, 0.15) is 22.8 Å². The fourth-order valence-electron chi connectivity index (χ4n) is 3.85. The number of carbonyl (C=O) groups excluding carboxylic acids is 2. The number of nitrogens with zero attached hydrogens (tertiary/aromatic N) is 4. The van der Waals surface area contributed by atoms with Crippen molar-refractivity contribution in [2.24, 2.45) is 0 Å². The van der Waals surface area contributed by atoms with Gasteiger partial charge in [0.2, 0.25) is 0 Å². The molecular formula is C25H32N8O4. The summed E-state index contributed by atoms with van der Waals surface area (Å²) in [5.74, 6) is 0.276. The Hall–Kier alpha value is -4.19. The lowest BCUT2D eigenvalue weighted by molar-refractivity contribution is 0.0587. The van der Waals surface area contributed by atoms with Gasteiger partial charge in [-0.15, -0.1) is 0 Å². The van der Waals surface area contributed by atoms with E-state index < -0.39 is 11.7 Å². The molecule has 12 nitrogen and oxygen atoms in total. The molecule has 0 radical (unpaired) electrons. The Morgan fingerprint density at radius 3 is 2.84 bits per heavy atom. The standard InChI is InChI=1S/C25H32N8O4/c1-14-12-36-13-15-7-16(10-27-5)21(26)18(8-15)30-19-9-20(32(6)24(35)37-25(2,3)4)33-22(31-19)17(11-28-33)23(34)29-14/h7-11,14,26-27H,12-13H2,1-6H3,(H,29,34)(H,30,31)/b16-10-,26-21?/t14-/m1/s1. The highest BCUT2D eigenvalue weighted by molar-refractivity contribution is 6.15. The first-order chi connectivity index (χ1) is 17.5. The van der Waals surface area contributed by atoms with Gasteiger partial charge in [-0.05, 0) is 45.4 Å². The van der Waals surface area contributed by atoms with Crippen LogP contribution >= 0.6 is 0 Å². The van der Waals surface area contributed by atoms with Crippen LogP contribution in [0.4, 0.5) is 16.4 Å². The van der Waals surface area contributed by atoms with Crippen molar-refractivity contribution in [2.45, 2.75) is 39.3 Å². The molecule has 2 aromatic heterocycles. The van der Waals surface area contributed by atoms with E-state index in [1.54, 1.807) is 47.1 Å². The molecular weight excluding hydrogens is 476 g/mol. The zero-order valence-electron chi connectivity index (χ0n) is 21.8. The summed E-state index contributed by atoms with van der Waals surface area (Å²) in [6, 6.07) is 1.33. The second kappa shape index (κ2) is 10.1. The Morgan fingerprint density at radius 1 is 1.38 bits per heavy atom. The minimum atomic E-state index is -0.708. The summed E-state index contributed by atoms with van der Waals surface area (Å²) >= 11 is 0. The van der Waals surface area contributed by atoms with Gasteiger partial charge >= 0.3 is 6.09 Å². The Kier molecular flexibility index (Phi) is 7.03. The van der Waals surface area contributed by atoms with Crippen LogP contribution in [0.1, 0.15) is 38.1 Å². The van der Waals surface area contributed by atoms with Crippen molar-refractivity contribution in [1.82, 2.24) is 25.2 Å². The molecule has 0 spiro atoms. The van der Waals surface area contributed by atoms with Gasteiger partial charge in [-0.3, -0.25) is 15.1 Å². The van der Waals surface area contributed by atoms with Crippen molar-refractivity contribution < 1.29 is 19.1 Å². The molecule has 0 aromatic carbocycles. The van der Waals surface area contributed by atoms with Crippen molar-refractivity contribution in [1.29, 1.82) is 5.41 Å². The number of fused-ring (bicyclic) bond motifs is 2. The summed E-state index contributed by atoms with van der Waals surface area (Å²) in [7, 11) is 3.32. The van der Waals surface area contributed by atoms with Crippen molar-refractivity contribution in [2.75, 3.05) is 37.5 Å². The first-order valence-electron chi connectivity index (χ1n) is 11.9. The smallest absolute Gasteiger partial charge is 0.415 e. The van der Waals surface area contributed by atoms with E-state index in [9.17, 15) is 9.59 Å². The van der Waals surface area contributed by atoms with Crippen LogP contribution in [0, 0.1) is 5.41 Å². The number of nitrogens with one attached hydrogen (secondary N) is 4. The van der Waals surface area contributed by atoms with E-state index in [0.717, 1.165) is 5.57 Å². The highest BCUT2D eigenvalue weighted by Crippen LogP contribution is 2.27. The molecule has 1 aliphatic carbocycles. The van der Waals surface area contributed by atoms with E-state index in [0.29, 0.717) is 22.9 Å². The summed E-state index contributed by atoms with van der Waals surface area (Å²) in [6.07, 6.45) is 6.24. The topological polar surface area (TPSA) is 146 Å². The van der Waals surface area contributed by atoms with Crippen LogP contribution in [-0.2, 0) is 9.47 Å². The van der Waals surface area contributed by atoms with E-state index in [1.165, 1.54) is 15.6 Å².